The van der Waals surface area contributed by atoms with Crippen molar-refractivity contribution in [2.24, 2.45) is 5.73 Å². The summed E-state index contributed by atoms with van der Waals surface area (Å²) in [4.78, 5) is 13.6. The van der Waals surface area contributed by atoms with Crippen molar-refractivity contribution in [3.05, 3.63) is 60.1 Å². The van der Waals surface area contributed by atoms with Crippen molar-refractivity contribution in [1.82, 2.24) is 4.90 Å². The lowest BCUT2D eigenvalue weighted by atomic mass is 9.93. The molecule has 2 N–H and O–H groups in total. The van der Waals surface area contributed by atoms with Crippen LogP contribution in [0.1, 0.15) is 17.4 Å². The zero-order valence-corrected chi connectivity index (χ0v) is 9.82. The highest BCUT2D eigenvalue weighted by Crippen LogP contribution is 2.35. The zero-order chi connectivity index (χ0) is 12.5. The summed E-state index contributed by atoms with van der Waals surface area (Å²) in [5.41, 5.74) is 6.94. The minimum Gasteiger partial charge on any atom is -0.467 e. The Morgan fingerprint density at radius 3 is 2.61 bits per heavy atom. The summed E-state index contributed by atoms with van der Waals surface area (Å²) in [6, 6.07) is 12.9. The molecular formula is C14H14N2O2. The predicted octanol–water partition coefficient (Wildman–Crippen LogP) is 1.69. The first-order valence-corrected chi connectivity index (χ1v) is 5.91. The molecule has 0 bridgehead atoms. The summed E-state index contributed by atoms with van der Waals surface area (Å²) >= 11 is 0. The van der Waals surface area contributed by atoms with Gasteiger partial charge in [0.2, 0.25) is 5.91 Å². The monoisotopic (exact) mass is 242 g/mol. The Hall–Kier alpha value is -2.07. The summed E-state index contributed by atoms with van der Waals surface area (Å²) in [6.07, 6.45) is 1.60. The molecule has 3 rings (SSSR count). The van der Waals surface area contributed by atoms with Crippen molar-refractivity contribution in [2.45, 2.75) is 18.6 Å². The van der Waals surface area contributed by atoms with E-state index in [9.17, 15) is 4.79 Å². The Morgan fingerprint density at radius 2 is 1.94 bits per heavy atom. The van der Waals surface area contributed by atoms with Crippen LogP contribution < -0.4 is 5.73 Å². The molecule has 0 spiro atoms. The topological polar surface area (TPSA) is 59.5 Å². The van der Waals surface area contributed by atoms with Gasteiger partial charge in [-0.15, -0.1) is 0 Å². The molecule has 2 heterocycles. The Morgan fingerprint density at radius 1 is 1.17 bits per heavy atom. The number of likely N-dealkylation sites (tertiary alicyclic amines) is 1. The highest BCUT2D eigenvalue weighted by atomic mass is 16.3. The van der Waals surface area contributed by atoms with Gasteiger partial charge < -0.3 is 15.1 Å². The SMILES string of the molecule is N[C@@H]1C(=O)N(Cc2ccccc2)[C@H]1c1ccco1. The van der Waals surface area contributed by atoms with Crippen LogP contribution in [0.15, 0.2) is 53.1 Å². The molecule has 2 atom stereocenters. The first kappa shape index (κ1) is 11.0. The fourth-order valence-electron chi connectivity index (χ4n) is 2.32. The highest BCUT2D eigenvalue weighted by molar-refractivity contribution is 5.89. The van der Waals surface area contributed by atoms with Crippen molar-refractivity contribution in [3.8, 4) is 0 Å². The van der Waals surface area contributed by atoms with Gasteiger partial charge in [-0.05, 0) is 17.7 Å². The summed E-state index contributed by atoms with van der Waals surface area (Å²) in [7, 11) is 0. The van der Waals surface area contributed by atoms with Crippen LogP contribution >= 0.6 is 0 Å². The second-order valence-corrected chi connectivity index (χ2v) is 4.44. The van der Waals surface area contributed by atoms with Gasteiger partial charge in [-0.25, -0.2) is 0 Å². The molecule has 1 saturated heterocycles. The molecule has 1 aliphatic heterocycles. The minimum atomic E-state index is -0.486. The number of benzene rings is 1. The van der Waals surface area contributed by atoms with E-state index in [0.29, 0.717) is 6.54 Å². The van der Waals surface area contributed by atoms with Crippen LogP contribution in [0.4, 0.5) is 0 Å². The first-order chi connectivity index (χ1) is 8.77. The van der Waals surface area contributed by atoms with Gasteiger partial charge in [0, 0.05) is 6.54 Å². The molecule has 1 fully saturated rings. The number of furan rings is 1. The smallest absolute Gasteiger partial charge is 0.243 e. The van der Waals surface area contributed by atoms with Crippen LogP contribution in [-0.2, 0) is 11.3 Å². The summed E-state index contributed by atoms with van der Waals surface area (Å²) in [5, 5.41) is 0. The van der Waals surface area contributed by atoms with Crippen molar-refractivity contribution >= 4 is 5.91 Å². The van der Waals surface area contributed by atoms with E-state index in [-0.39, 0.29) is 11.9 Å². The zero-order valence-electron chi connectivity index (χ0n) is 9.82. The normalized spacial score (nSPS) is 22.9. The summed E-state index contributed by atoms with van der Waals surface area (Å²) in [6.45, 7) is 0.568. The van der Waals surface area contributed by atoms with Crippen LogP contribution in [0.2, 0.25) is 0 Å². The van der Waals surface area contributed by atoms with Crippen molar-refractivity contribution in [1.29, 1.82) is 0 Å². The van der Waals surface area contributed by atoms with Gasteiger partial charge in [0.25, 0.3) is 0 Å². The van der Waals surface area contributed by atoms with E-state index in [2.05, 4.69) is 0 Å². The van der Waals surface area contributed by atoms with Crippen LogP contribution in [0, 0.1) is 0 Å². The van der Waals surface area contributed by atoms with Crippen LogP contribution in [0.3, 0.4) is 0 Å². The van der Waals surface area contributed by atoms with Crippen molar-refractivity contribution in [2.75, 3.05) is 0 Å². The van der Waals surface area contributed by atoms with E-state index in [1.807, 2.05) is 42.5 Å². The van der Waals surface area contributed by atoms with E-state index < -0.39 is 6.04 Å². The van der Waals surface area contributed by atoms with Crippen LogP contribution in [-0.4, -0.2) is 16.8 Å². The standard InChI is InChI=1S/C14H14N2O2/c15-12-13(11-7-4-8-18-11)16(14(12)17)9-10-5-2-1-3-6-10/h1-8,12-13H,9,15H2/t12-,13-/m0/s1. The number of nitrogens with two attached hydrogens (primary N) is 1. The highest BCUT2D eigenvalue weighted by Gasteiger charge is 2.47. The lowest BCUT2D eigenvalue weighted by Gasteiger charge is -2.44. The summed E-state index contributed by atoms with van der Waals surface area (Å²) < 4.78 is 5.35. The molecule has 1 aliphatic rings. The molecule has 1 aromatic carbocycles. The maximum atomic E-state index is 11.8. The lowest BCUT2D eigenvalue weighted by Crippen LogP contribution is -2.62. The Balaban J connectivity index is 1.81. The third kappa shape index (κ3) is 1.71. The number of amides is 1. The third-order valence-corrected chi connectivity index (χ3v) is 3.27. The maximum absolute atomic E-state index is 11.8. The number of carbonyl (C=O) groups excluding carboxylic acids is 1. The number of hydrogen-bond donors (Lipinski definition) is 1. The van der Waals surface area contributed by atoms with Gasteiger partial charge in [0.15, 0.2) is 0 Å². The van der Waals surface area contributed by atoms with E-state index >= 15 is 0 Å². The number of rotatable bonds is 3. The van der Waals surface area contributed by atoms with E-state index in [1.54, 1.807) is 11.2 Å². The van der Waals surface area contributed by atoms with E-state index in [0.717, 1.165) is 11.3 Å². The Kier molecular flexibility index (Phi) is 2.64. The molecule has 4 nitrogen and oxygen atoms in total. The van der Waals surface area contributed by atoms with Gasteiger partial charge in [-0.3, -0.25) is 4.79 Å². The van der Waals surface area contributed by atoms with E-state index in [4.69, 9.17) is 10.2 Å². The second kappa shape index (κ2) is 4.31. The third-order valence-electron chi connectivity index (χ3n) is 3.27. The number of hydrogen-bond acceptors (Lipinski definition) is 3. The average Bonchev–Trinajstić information content (AvgIpc) is 2.92. The van der Waals surface area contributed by atoms with Crippen molar-refractivity contribution < 1.29 is 9.21 Å². The molecule has 2 aromatic rings. The Labute approximate surface area is 105 Å². The van der Waals surface area contributed by atoms with Gasteiger partial charge in [0.05, 0.1) is 6.26 Å². The maximum Gasteiger partial charge on any atom is 0.243 e. The predicted molar refractivity (Wildman–Crippen MR) is 66.4 cm³/mol. The lowest BCUT2D eigenvalue weighted by molar-refractivity contribution is -0.151. The molecular weight excluding hydrogens is 228 g/mol. The minimum absolute atomic E-state index is 0.0275. The molecule has 92 valence electrons. The van der Waals surface area contributed by atoms with Crippen molar-refractivity contribution in [3.63, 3.8) is 0 Å². The molecule has 0 radical (unpaired) electrons. The Bertz CT molecular complexity index is 536. The molecule has 1 amide bonds. The largest absolute Gasteiger partial charge is 0.467 e. The number of carbonyl (C=O) groups is 1. The fraction of sp³-hybridized carbons (Fsp3) is 0.214. The first-order valence-electron chi connectivity index (χ1n) is 5.91. The average molecular weight is 242 g/mol. The van der Waals surface area contributed by atoms with Crippen LogP contribution in [0.25, 0.3) is 0 Å². The molecule has 0 aliphatic carbocycles. The fourth-order valence-corrected chi connectivity index (χ4v) is 2.32. The van der Waals surface area contributed by atoms with Gasteiger partial charge >= 0.3 is 0 Å². The van der Waals surface area contributed by atoms with Gasteiger partial charge in [-0.1, -0.05) is 30.3 Å². The van der Waals surface area contributed by atoms with Gasteiger partial charge in [-0.2, -0.15) is 0 Å². The molecule has 0 saturated carbocycles. The van der Waals surface area contributed by atoms with Gasteiger partial charge in [0.1, 0.15) is 17.8 Å². The number of β-lactam (4-membered cyclic amide) rings is 1. The number of nitrogens with zero attached hydrogens (tertiary/aromatic N) is 1. The summed E-state index contributed by atoms with van der Waals surface area (Å²) in [5.74, 6) is 0.721. The molecule has 0 unspecified atom stereocenters. The quantitative estimate of drug-likeness (QED) is 0.833. The molecule has 4 heteroatoms. The van der Waals surface area contributed by atoms with E-state index in [1.165, 1.54) is 0 Å². The van der Waals surface area contributed by atoms with Crippen LogP contribution in [0.5, 0.6) is 0 Å². The second-order valence-electron chi connectivity index (χ2n) is 4.44. The molecule has 18 heavy (non-hydrogen) atoms. The molecule has 1 aromatic heterocycles.